The number of amidine groups is 1. The Labute approximate surface area is 174 Å². The number of ether oxygens (including phenoxy) is 1. The molecule has 1 aliphatic rings. The van der Waals surface area contributed by atoms with Crippen molar-refractivity contribution >= 4 is 52.9 Å². The van der Waals surface area contributed by atoms with Gasteiger partial charge in [-0.15, -0.1) is 35.3 Å². The van der Waals surface area contributed by atoms with Crippen molar-refractivity contribution in [2.75, 3.05) is 32.8 Å². The van der Waals surface area contributed by atoms with E-state index < -0.39 is 0 Å². The fourth-order valence-corrected chi connectivity index (χ4v) is 3.17. The molecule has 0 bridgehead atoms. The van der Waals surface area contributed by atoms with Crippen molar-refractivity contribution in [2.24, 2.45) is 10.7 Å². The van der Waals surface area contributed by atoms with Crippen LogP contribution >= 0.6 is 35.3 Å². The van der Waals surface area contributed by atoms with Crippen molar-refractivity contribution in [3.05, 3.63) is 52.2 Å². The number of rotatable bonds is 5. The highest BCUT2D eigenvalue weighted by Crippen LogP contribution is 2.16. The maximum absolute atomic E-state index is 12.0. The predicted molar refractivity (Wildman–Crippen MR) is 116 cm³/mol. The van der Waals surface area contributed by atoms with Gasteiger partial charge < -0.3 is 20.7 Å². The van der Waals surface area contributed by atoms with Gasteiger partial charge in [-0.1, -0.05) is 18.2 Å². The summed E-state index contributed by atoms with van der Waals surface area (Å²) in [4.78, 5) is 19.2. The van der Waals surface area contributed by atoms with Gasteiger partial charge in [-0.25, -0.2) is 9.79 Å². The molecular formula is C18H23IN4O2S. The van der Waals surface area contributed by atoms with Crippen LogP contribution in [0.25, 0.3) is 0 Å². The number of hydrogen-bond acceptors (Lipinski definition) is 4. The summed E-state index contributed by atoms with van der Waals surface area (Å²) >= 11 is 1.57. The van der Waals surface area contributed by atoms with Gasteiger partial charge in [-0.2, -0.15) is 0 Å². The van der Waals surface area contributed by atoms with Crippen LogP contribution in [0.2, 0.25) is 0 Å². The molecule has 2 aromatic rings. The number of thiophene rings is 1. The highest BCUT2D eigenvalue weighted by molar-refractivity contribution is 14.0. The van der Waals surface area contributed by atoms with E-state index in [-0.39, 0.29) is 30.0 Å². The van der Waals surface area contributed by atoms with Gasteiger partial charge in [-0.3, -0.25) is 0 Å². The van der Waals surface area contributed by atoms with Crippen LogP contribution in [0.4, 0.5) is 10.5 Å². The first kappa shape index (κ1) is 20.7. The van der Waals surface area contributed by atoms with Gasteiger partial charge >= 0.3 is 6.03 Å². The lowest BCUT2D eigenvalue weighted by Gasteiger charge is -2.26. The smallest absolute Gasteiger partial charge is 0.317 e. The molecule has 0 saturated carbocycles. The van der Waals surface area contributed by atoms with Crippen LogP contribution in [0.3, 0.4) is 0 Å². The van der Waals surface area contributed by atoms with E-state index in [9.17, 15) is 4.79 Å². The van der Waals surface area contributed by atoms with Gasteiger partial charge in [0, 0.05) is 19.6 Å². The van der Waals surface area contributed by atoms with Gasteiger partial charge in [0.1, 0.15) is 5.84 Å². The molecule has 0 spiro atoms. The normalized spacial score (nSPS) is 14.6. The largest absolute Gasteiger partial charge is 0.383 e. The molecule has 2 amide bonds. The van der Waals surface area contributed by atoms with Gasteiger partial charge in [0.05, 0.1) is 23.8 Å². The maximum atomic E-state index is 12.0. The van der Waals surface area contributed by atoms with E-state index in [1.165, 1.54) is 0 Å². The SMILES string of the molecule is I.NC(=Nc1ccc(CCNC(=O)N2CCOCC2)cc1)c1cccs1. The Kier molecular flexibility index (Phi) is 8.33. The molecule has 8 heteroatoms. The fraction of sp³-hybridized carbons (Fsp3) is 0.333. The van der Waals surface area contributed by atoms with Crippen LogP contribution in [0.1, 0.15) is 10.4 Å². The lowest BCUT2D eigenvalue weighted by Crippen LogP contribution is -2.46. The average molecular weight is 486 g/mol. The van der Waals surface area contributed by atoms with Gasteiger partial charge in [-0.05, 0) is 35.6 Å². The lowest BCUT2D eigenvalue weighted by molar-refractivity contribution is 0.0533. The first-order valence-corrected chi connectivity index (χ1v) is 9.18. The third-order valence-corrected chi connectivity index (χ3v) is 4.84. The van der Waals surface area contributed by atoms with Gasteiger partial charge in [0.25, 0.3) is 0 Å². The molecule has 0 unspecified atom stereocenters. The molecule has 1 aromatic heterocycles. The quantitative estimate of drug-likeness (QED) is 0.388. The molecular weight excluding hydrogens is 463 g/mol. The van der Waals surface area contributed by atoms with E-state index >= 15 is 0 Å². The molecule has 0 aliphatic carbocycles. The molecule has 140 valence electrons. The number of carbonyl (C=O) groups is 1. The minimum absolute atomic E-state index is 0. The summed E-state index contributed by atoms with van der Waals surface area (Å²) < 4.78 is 5.25. The number of nitrogens with one attached hydrogen (secondary N) is 1. The highest BCUT2D eigenvalue weighted by Gasteiger charge is 2.15. The van der Waals surface area contributed by atoms with E-state index in [0.29, 0.717) is 38.7 Å². The molecule has 2 heterocycles. The average Bonchev–Trinajstić information content (AvgIpc) is 3.19. The Morgan fingerprint density at radius 3 is 2.62 bits per heavy atom. The second-order valence-corrected chi connectivity index (χ2v) is 6.67. The van der Waals surface area contributed by atoms with Gasteiger partial charge in [0.15, 0.2) is 0 Å². The van der Waals surface area contributed by atoms with Crippen LogP contribution in [-0.2, 0) is 11.2 Å². The van der Waals surface area contributed by atoms with Crippen LogP contribution in [0.15, 0.2) is 46.8 Å². The number of hydrogen-bond donors (Lipinski definition) is 2. The Morgan fingerprint density at radius 2 is 1.96 bits per heavy atom. The third-order valence-electron chi connectivity index (χ3n) is 3.95. The molecule has 0 radical (unpaired) electrons. The van der Waals surface area contributed by atoms with Crippen molar-refractivity contribution in [3.63, 3.8) is 0 Å². The standard InChI is InChI=1S/C18H22N4O2S.HI/c19-17(16-2-1-13-25-16)21-15-5-3-14(4-6-15)7-8-20-18(23)22-9-11-24-12-10-22;/h1-6,13H,7-12H2,(H2,19,21)(H,20,23);1H. The van der Waals surface area contributed by atoms with Crippen molar-refractivity contribution in [1.82, 2.24) is 10.2 Å². The maximum Gasteiger partial charge on any atom is 0.317 e. The van der Waals surface area contributed by atoms with Crippen molar-refractivity contribution in [2.45, 2.75) is 6.42 Å². The predicted octanol–water partition coefficient (Wildman–Crippen LogP) is 2.99. The molecule has 1 fully saturated rings. The Balaban J connectivity index is 0.00000243. The molecule has 3 rings (SSSR count). The summed E-state index contributed by atoms with van der Waals surface area (Å²) in [6.45, 7) is 3.15. The third kappa shape index (κ3) is 5.96. The molecule has 1 aromatic carbocycles. The summed E-state index contributed by atoms with van der Waals surface area (Å²) in [6.07, 6.45) is 0.778. The number of aliphatic imine (C=N–C) groups is 1. The zero-order chi connectivity index (χ0) is 17.5. The van der Waals surface area contributed by atoms with E-state index in [1.54, 1.807) is 16.2 Å². The summed E-state index contributed by atoms with van der Waals surface area (Å²) in [5.41, 5.74) is 7.97. The summed E-state index contributed by atoms with van der Waals surface area (Å²) in [5.74, 6) is 0.528. The molecule has 1 saturated heterocycles. The van der Waals surface area contributed by atoms with Gasteiger partial charge in [0.2, 0.25) is 0 Å². The lowest BCUT2D eigenvalue weighted by atomic mass is 10.1. The minimum Gasteiger partial charge on any atom is -0.383 e. The Morgan fingerprint density at radius 1 is 1.23 bits per heavy atom. The Bertz CT molecular complexity index is 713. The summed E-state index contributed by atoms with van der Waals surface area (Å²) in [7, 11) is 0. The van der Waals surface area contributed by atoms with E-state index in [2.05, 4.69) is 10.3 Å². The number of amides is 2. The molecule has 3 N–H and O–H groups in total. The van der Waals surface area contributed by atoms with E-state index in [0.717, 1.165) is 22.5 Å². The molecule has 0 atom stereocenters. The first-order valence-electron chi connectivity index (χ1n) is 8.30. The second-order valence-electron chi connectivity index (χ2n) is 5.72. The Hall–Kier alpha value is -1.65. The zero-order valence-corrected chi connectivity index (χ0v) is 17.5. The molecule has 6 nitrogen and oxygen atoms in total. The number of halogens is 1. The van der Waals surface area contributed by atoms with E-state index in [1.807, 2.05) is 41.8 Å². The second kappa shape index (κ2) is 10.5. The van der Waals surface area contributed by atoms with Crippen LogP contribution in [0.5, 0.6) is 0 Å². The van der Waals surface area contributed by atoms with E-state index in [4.69, 9.17) is 10.5 Å². The molecule has 26 heavy (non-hydrogen) atoms. The fourth-order valence-electron chi connectivity index (χ4n) is 2.55. The van der Waals surface area contributed by atoms with Crippen LogP contribution in [0, 0.1) is 0 Å². The topological polar surface area (TPSA) is 79.9 Å². The number of urea groups is 1. The number of carbonyl (C=O) groups excluding carboxylic acids is 1. The highest BCUT2D eigenvalue weighted by atomic mass is 127. The monoisotopic (exact) mass is 486 g/mol. The summed E-state index contributed by atoms with van der Waals surface area (Å²) in [6, 6.07) is 11.8. The van der Waals surface area contributed by atoms with Crippen molar-refractivity contribution in [3.8, 4) is 0 Å². The first-order chi connectivity index (χ1) is 12.2. The minimum atomic E-state index is -0.0201. The number of nitrogens with zero attached hydrogens (tertiary/aromatic N) is 2. The number of benzene rings is 1. The zero-order valence-electron chi connectivity index (χ0n) is 14.4. The number of morpholine rings is 1. The molecule has 1 aliphatic heterocycles. The van der Waals surface area contributed by atoms with Crippen molar-refractivity contribution in [1.29, 1.82) is 0 Å². The number of nitrogens with two attached hydrogens (primary N) is 1. The van der Waals surface area contributed by atoms with Crippen LogP contribution < -0.4 is 11.1 Å². The summed E-state index contributed by atoms with van der Waals surface area (Å²) in [5, 5.41) is 4.93. The van der Waals surface area contributed by atoms with Crippen LogP contribution in [-0.4, -0.2) is 49.6 Å². The van der Waals surface area contributed by atoms with Crippen molar-refractivity contribution < 1.29 is 9.53 Å².